The van der Waals surface area contributed by atoms with Crippen LogP contribution in [0.5, 0.6) is 0 Å². The maximum atomic E-state index is 12.9. The van der Waals surface area contributed by atoms with Crippen LogP contribution in [-0.2, 0) is 11.6 Å². The van der Waals surface area contributed by atoms with E-state index in [-0.39, 0.29) is 5.69 Å². The van der Waals surface area contributed by atoms with E-state index in [1.165, 1.54) is 28.9 Å². The summed E-state index contributed by atoms with van der Waals surface area (Å²) in [6.07, 6.45) is -4.55. The third kappa shape index (κ3) is 3.10. The number of nitro groups is 1. The average Bonchev–Trinajstić information content (AvgIpc) is 2.83. The van der Waals surface area contributed by atoms with Gasteiger partial charge >= 0.3 is 6.18 Å². The molecule has 0 atom stereocenters. The fourth-order valence-electron chi connectivity index (χ4n) is 1.97. The monoisotopic (exact) mass is 313 g/mol. The second-order valence-electron chi connectivity index (χ2n) is 5.85. The summed E-state index contributed by atoms with van der Waals surface area (Å²) in [7, 11) is 0. The minimum Gasteiger partial charge on any atom is -0.258 e. The minimum absolute atomic E-state index is 0.135. The molecule has 1 aromatic carbocycles. The van der Waals surface area contributed by atoms with E-state index in [1.54, 1.807) is 20.8 Å². The first kappa shape index (κ1) is 16.0. The summed E-state index contributed by atoms with van der Waals surface area (Å²) in [6.45, 7) is 5.31. The Hall–Kier alpha value is -2.38. The third-order valence-electron chi connectivity index (χ3n) is 3.07. The second-order valence-corrected chi connectivity index (χ2v) is 5.85. The van der Waals surface area contributed by atoms with Crippen molar-refractivity contribution in [2.45, 2.75) is 32.4 Å². The Morgan fingerprint density at radius 2 is 1.68 bits per heavy atom. The fourth-order valence-corrected chi connectivity index (χ4v) is 1.97. The van der Waals surface area contributed by atoms with Crippen LogP contribution in [0.4, 0.5) is 18.9 Å². The van der Waals surface area contributed by atoms with E-state index in [2.05, 4.69) is 5.10 Å². The second kappa shape index (κ2) is 5.11. The Morgan fingerprint density at radius 3 is 2.09 bits per heavy atom. The molecular weight excluding hydrogens is 299 g/mol. The van der Waals surface area contributed by atoms with Gasteiger partial charge in [0.2, 0.25) is 0 Å². The van der Waals surface area contributed by atoms with Crippen LogP contribution < -0.4 is 0 Å². The van der Waals surface area contributed by atoms with Gasteiger partial charge in [-0.15, -0.1) is 0 Å². The molecule has 0 bridgehead atoms. The van der Waals surface area contributed by atoms with Gasteiger partial charge in [0.1, 0.15) is 0 Å². The first-order valence-corrected chi connectivity index (χ1v) is 6.43. The molecule has 0 saturated heterocycles. The number of benzene rings is 1. The van der Waals surface area contributed by atoms with E-state index < -0.39 is 22.2 Å². The van der Waals surface area contributed by atoms with Crippen LogP contribution in [0, 0.1) is 10.1 Å². The Labute approximate surface area is 124 Å². The van der Waals surface area contributed by atoms with Crippen molar-refractivity contribution in [1.29, 1.82) is 0 Å². The molecule has 0 amide bonds. The maximum absolute atomic E-state index is 12.9. The van der Waals surface area contributed by atoms with Crippen LogP contribution in [0.25, 0.3) is 5.69 Å². The quantitative estimate of drug-likeness (QED) is 0.619. The van der Waals surface area contributed by atoms with Gasteiger partial charge in [0.05, 0.1) is 16.3 Å². The van der Waals surface area contributed by atoms with Crippen molar-refractivity contribution in [2.75, 3.05) is 0 Å². The molecule has 0 aliphatic carbocycles. The molecule has 0 spiro atoms. The van der Waals surface area contributed by atoms with Crippen molar-refractivity contribution < 1.29 is 18.1 Å². The number of aromatic nitrogens is 2. The van der Waals surface area contributed by atoms with Crippen molar-refractivity contribution in [3.63, 3.8) is 0 Å². The summed E-state index contributed by atoms with van der Waals surface area (Å²) >= 11 is 0. The van der Waals surface area contributed by atoms with Gasteiger partial charge in [0.15, 0.2) is 5.69 Å². The summed E-state index contributed by atoms with van der Waals surface area (Å²) in [5.74, 6) is 0. The average molecular weight is 313 g/mol. The van der Waals surface area contributed by atoms with Crippen LogP contribution in [0.1, 0.15) is 32.2 Å². The molecule has 5 nitrogen and oxygen atoms in total. The molecule has 0 fully saturated rings. The number of hydrogen-bond donors (Lipinski definition) is 0. The highest BCUT2D eigenvalue weighted by atomic mass is 19.4. The van der Waals surface area contributed by atoms with Crippen LogP contribution >= 0.6 is 0 Å². The van der Waals surface area contributed by atoms with Crippen molar-refractivity contribution >= 4 is 5.69 Å². The van der Waals surface area contributed by atoms with E-state index >= 15 is 0 Å². The smallest absolute Gasteiger partial charge is 0.258 e. The van der Waals surface area contributed by atoms with E-state index in [0.29, 0.717) is 11.4 Å². The highest BCUT2D eigenvalue weighted by Gasteiger charge is 2.36. The minimum atomic E-state index is -4.55. The molecule has 118 valence electrons. The molecule has 1 aromatic heterocycles. The molecule has 0 unspecified atom stereocenters. The molecule has 1 heterocycles. The van der Waals surface area contributed by atoms with Crippen molar-refractivity contribution in [3.05, 3.63) is 51.8 Å². The Kier molecular flexibility index (Phi) is 3.72. The zero-order chi connectivity index (χ0) is 16.7. The number of alkyl halides is 3. The van der Waals surface area contributed by atoms with Crippen molar-refractivity contribution in [3.8, 4) is 5.69 Å². The Balaban J connectivity index is 2.58. The number of halogens is 3. The lowest BCUT2D eigenvalue weighted by atomic mass is 9.91. The molecule has 0 aliphatic heterocycles. The molecule has 0 aliphatic rings. The summed E-state index contributed by atoms with van der Waals surface area (Å²) in [5, 5.41) is 14.3. The lowest BCUT2D eigenvalue weighted by Gasteiger charge is -2.20. The van der Waals surface area contributed by atoms with E-state index in [0.717, 1.165) is 6.07 Å². The van der Waals surface area contributed by atoms with Crippen LogP contribution in [-0.4, -0.2) is 14.7 Å². The van der Waals surface area contributed by atoms with Crippen LogP contribution in [0.3, 0.4) is 0 Å². The third-order valence-corrected chi connectivity index (χ3v) is 3.07. The van der Waals surface area contributed by atoms with Gasteiger partial charge in [-0.1, -0.05) is 20.8 Å². The lowest BCUT2D eigenvalue weighted by Crippen LogP contribution is -2.17. The standard InChI is InChI=1S/C14H14F3N3O2/c1-13(2,3)12-8-11(14(15,16)17)18-19(12)9-4-6-10(7-5-9)20(21)22/h4-8H,1-3H3. The van der Waals surface area contributed by atoms with Gasteiger partial charge in [0, 0.05) is 17.5 Å². The number of rotatable bonds is 2. The van der Waals surface area contributed by atoms with Gasteiger partial charge < -0.3 is 0 Å². The number of non-ortho nitro benzene ring substituents is 1. The first-order valence-electron chi connectivity index (χ1n) is 6.43. The van der Waals surface area contributed by atoms with Gasteiger partial charge in [0.25, 0.3) is 5.69 Å². The van der Waals surface area contributed by atoms with Gasteiger partial charge in [-0.3, -0.25) is 10.1 Å². The Bertz CT molecular complexity index is 698. The van der Waals surface area contributed by atoms with Gasteiger partial charge in [-0.05, 0) is 18.2 Å². The number of hydrogen-bond acceptors (Lipinski definition) is 3. The molecule has 0 N–H and O–H groups in total. The van der Waals surface area contributed by atoms with Crippen LogP contribution in [0.2, 0.25) is 0 Å². The zero-order valence-electron chi connectivity index (χ0n) is 12.2. The molecule has 2 aromatic rings. The highest BCUT2D eigenvalue weighted by Crippen LogP contribution is 2.33. The van der Waals surface area contributed by atoms with Gasteiger partial charge in [-0.2, -0.15) is 18.3 Å². The van der Waals surface area contributed by atoms with Crippen LogP contribution in [0.15, 0.2) is 30.3 Å². The van der Waals surface area contributed by atoms with E-state index in [1.807, 2.05) is 0 Å². The summed E-state index contributed by atoms with van der Waals surface area (Å²) in [5.41, 5.74) is -0.988. The molecule has 8 heteroatoms. The highest BCUT2D eigenvalue weighted by molar-refractivity contribution is 5.42. The summed E-state index contributed by atoms with van der Waals surface area (Å²) < 4.78 is 39.8. The Morgan fingerprint density at radius 1 is 1.14 bits per heavy atom. The molecule has 0 radical (unpaired) electrons. The molecular formula is C14H14F3N3O2. The molecule has 2 rings (SSSR count). The lowest BCUT2D eigenvalue weighted by molar-refractivity contribution is -0.384. The summed E-state index contributed by atoms with van der Waals surface area (Å²) in [6, 6.07) is 6.22. The van der Waals surface area contributed by atoms with Crippen molar-refractivity contribution in [2.24, 2.45) is 0 Å². The topological polar surface area (TPSA) is 61.0 Å². The predicted molar refractivity (Wildman–Crippen MR) is 73.9 cm³/mol. The van der Waals surface area contributed by atoms with Crippen molar-refractivity contribution in [1.82, 2.24) is 9.78 Å². The SMILES string of the molecule is CC(C)(C)c1cc(C(F)(F)F)nn1-c1ccc([N+](=O)[O-])cc1. The first-order chi connectivity index (χ1) is 10.00. The predicted octanol–water partition coefficient (Wildman–Crippen LogP) is 4.10. The normalized spacial score (nSPS) is 12.5. The summed E-state index contributed by atoms with van der Waals surface area (Å²) in [4.78, 5) is 10.1. The fraction of sp³-hybridized carbons (Fsp3) is 0.357. The number of nitrogens with zero attached hydrogens (tertiary/aromatic N) is 3. The number of nitro benzene ring substituents is 1. The molecule has 0 saturated carbocycles. The van der Waals surface area contributed by atoms with Gasteiger partial charge in [-0.25, -0.2) is 4.68 Å². The van der Waals surface area contributed by atoms with E-state index in [4.69, 9.17) is 0 Å². The molecule has 22 heavy (non-hydrogen) atoms. The zero-order valence-corrected chi connectivity index (χ0v) is 12.2. The maximum Gasteiger partial charge on any atom is 0.435 e. The van der Waals surface area contributed by atoms with E-state index in [9.17, 15) is 23.3 Å². The largest absolute Gasteiger partial charge is 0.435 e.